The molecule has 1 aromatic rings. The van der Waals surface area contributed by atoms with E-state index in [0.717, 1.165) is 19.3 Å². The first-order chi connectivity index (χ1) is 6.79. The first-order valence-corrected chi connectivity index (χ1v) is 5.13. The average Bonchev–Trinajstić information content (AvgIpc) is 2.65. The molecule has 1 heterocycles. The molecule has 76 valence electrons. The second-order valence-electron chi connectivity index (χ2n) is 4.01. The fraction of sp³-hybridized carbons (Fsp3) is 0.500. The molecule has 2 heteroatoms. The van der Waals surface area contributed by atoms with E-state index in [1.807, 2.05) is 18.2 Å². The third-order valence-corrected chi connectivity index (χ3v) is 2.80. The monoisotopic (exact) mass is 192 g/mol. The summed E-state index contributed by atoms with van der Waals surface area (Å²) in [4.78, 5) is 0. The molecule has 1 aliphatic rings. The number of aliphatic hydroxyl groups is 1. The first-order valence-electron chi connectivity index (χ1n) is 5.13. The largest absolute Gasteiger partial charge is 0.387 e. The molecule has 14 heavy (non-hydrogen) atoms. The zero-order valence-electron chi connectivity index (χ0n) is 8.28. The molecule has 2 nitrogen and oxygen atoms in total. The summed E-state index contributed by atoms with van der Waals surface area (Å²) >= 11 is 0. The van der Waals surface area contributed by atoms with Crippen molar-refractivity contribution in [3.8, 4) is 0 Å². The lowest BCUT2D eigenvalue weighted by Crippen LogP contribution is -2.29. The Labute approximate surface area is 84.5 Å². The lowest BCUT2D eigenvalue weighted by Gasteiger charge is -2.19. The van der Waals surface area contributed by atoms with Gasteiger partial charge in [-0.3, -0.25) is 0 Å². The van der Waals surface area contributed by atoms with Crippen LogP contribution in [0.1, 0.15) is 18.4 Å². The summed E-state index contributed by atoms with van der Waals surface area (Å²) in [7, 11) is 0. The highest BCUT2D eigenvalue weighted by Gasteiger charge is 2.31. The van der Waals surface area contributed by atoms with Crippen LogP contribution in [-0.4, -0.2) is 23.9 Å². The smallest absolute Gasteiger partial charge is 0.0905 e. The molecule has 1 fully saturated rings. The maximum atomic E-state index is 10.0. The number of hydrogen-bond donors (Lipinski definition) is 1. The van der Waals surface area contributed by atoms with Gasteiger partial charge in [-0.2, -0.15) is 0 Å². The van der Waals surface area contributed by atoms with Gasteiger partial charge >= 0.3 is 0 Å². The Kier molecular flexibility index (Phi) is 2.85. The van der Waals surface area contributed by atoms with Crippen molar-refractivity contribution in [3.63, 3.8) is 0 Å². The topological polar surface area (TPSA) is 29.5 Å². The molecule has 0 aromatic heterocycles. The van der Waals surface area contributed by atoms with E-state index in [4.69, 9.17) is 4.74 Å². The Bertz CT molecular complexity index is 276. The van der Waals surface area contributed by atoms with E-state index >= 15 is 0 Å². The number of rotatable bonds is 3. The molecule has 0 radical (unpaired) electrons. The Hall–Kier alpha value is -0.860. The molecule has 1 aromatic carbocycles. The van der Waals surface area contributed by atoms with Gasteiger partial charge in [0.15, 0.2) is 0 Å². The minimum Gasteiger partial charge on any atom is -0.387 e. The zero-order chi connectivity index (χ0) is 9.86. The summed E-state index contributed by atoms with van der Waals surface area (Å²) in [5.74, 6) is 0. The van der Waals surface area contributed by atoms with Crippen molar-refractivity contribution in [3.05, 3.63) is 35.9 Å². The van der Waals surface area contributed by atoms with Crippen molar-refractivity contribution in [1.29, 1.82) is 0 Å². The number of benzene rings is 1. The Morgan fingerprint density at radius 2 is 2.07 bits per heavy atom. The van der Waals surface area contributed by atoms with Crippen molar-refractivity contribution < 1.29 is 9.84 Å². The lowest BCUT2D eigenvalue weighted by molar-refractivity contribution is 0.0195. The maximum absolute atomic E-state index is 10.0. The zero-order valence-corrected chi connectivity index (χ0v) is 8.28. The van der Waals surface area contributed by atoms with Gasteiger partial charge < -0.3 is 9.84 Å². The van der Waals surface area contributed by atoms with E-state index < -0.39 is 5.60 Å². The molecule has 2 rings (SSSR count). The molecule has 0 amide bonds. The van der Waals surface area contributed by atoms with Crippen molar-refractivity contribution in [2.24, 2.45) is 0 Å². The standard InChI is InChI=1S/C12H16O2/c13-12(8-9-14-10-12)7-6-11-4-2-1-3-5-11/h1-5,13H,6-10H2/t12-/m0/s1. The van der Waals surface area contributed by atoms with Gasteiger partial charge in [0, 0.05) is 13.0 Å². The van der Waals surface area contributed by atoms with E-state index in [9.17, 15) is 5.11 Å². The van der Waals surface area contributed by atoms with Crippen LogP contribution in [0.2, 0.25) is 0 Å². The summed E-state index contributed by atoms with van der Waals surface area (Å²) in [5, 5.41) is 10.0. The lowest BCUT2D eigenvalue weighted by atomic mass is 9.94. The number of hydrogen-bond acceptors (Lipinski definition) is 2. The van der Waals surface area contributed by atoms with Gasteiger partial charge in [-0.05, 0) is 18.4 Å². The van der Waals surface area contributed by atoms with Crippen molar-refractivity contribution in [2.45, 2.75) is 24.9 Å². The van der Waals surface area contributed by atoms with Crippen LogP contribution in [0, 0.1) is 0 Å². The normalized spacial score (nSPS) is 26.6. The SMILES string of the molecule is O[C@@]1(CCc2ccccc2)CCOC1. The Morgan fingerprint density at radius 1 is 1.29 bits per heavy atom. The highest BCUT2D eigenvalue weighted by atomic mass is 16.5. The molecule has 0 unspecified atom stereocenters. The molecule has 1 saturated heterocycles. The molecule has 0 spiro atoms. The van der Waals surface area contributed by atoms with E-state index in [1.165, 1.54) is 5.56 Å². The summed E-state index contributed by atoms with van der Waals surface area (Å²) in [6, 6.07) is 10.3. The average molecular weight is 192 g/mol. The van der Waals surface area contributed by atoms with Crippen LogP contribution in [0.25, 0.3) is 0 Å². The highest BCUT2D eigenvalue weighted by molar-refractivity contribution is 5.15. The third kappa shape index (κ3) is 2.34. The molecule has 0 saturated carbocycles. The fourth-order valence-corrected chi connectivity index (χ4v) is 1.82. The van der Waals surface area contributed by atoms with Crippen molar-refractivity contribution >= 4 is 0 Å². The third-order valence-electron chi connectivity index (χ3n) is 2.80. The highest BCUT2D eigenvalue weighted by Crippen LogP contribution is 2.23. The van der Waals surface area contributed by atoms with E-state index in [0.29, 0.717) is 13.2 Å². The summed E-state index contributed by atoms with van der Waals surface area (Å²) in [5.41, 5.74) is 0.711. The Balaban J connectivity index is 1.88. The fourth-order valence-electron chi connectivity index (χ4n) is 1.82. The Morgan fingerprint density at radius 3 is 2.71 bits per heavy atom. The molecular formula is C12H16O2. The van der Waals surface area contributed by atoms with E-state index in [2.05, 4.69) is 12.1 Å². The van der Waals surface area contributed by atoms with Crippen LogP contribution in [0.15, 0.2) is 30.3 Å². The molecule has 0 aliphatic carbocycles. The minimum absolute atomic E-state index is 0.500. The minimum atomic E-state index is -0.574. The van der Waals surface area contributed by atoms with Gasteiger partial charge in [0.2, 0.25) is 0 Å². The van der Waals surface area contributed by atoms with Gasteiger partial charge in [-0.1, -0.05) is 30.3 Å². The molecule has 1 atom stereocenters. The van der Waals surface area contributed by atoms with Gasteiger partial charge in [-0.15, -0.1) is 0 Å². The van der Waals surface area contributed by atoms with E-state index in [1.54, 1.807) is 0 Å². The summed E-state index contributed by atoms with van der Waals surface area (Å²) in [6.07, 6.45) is 2.51. The van der Waals surface area contributed by atoms with Crippen LogP contribution in [0.5, 0.6) is 0 Å². The van der Waals surface area contributed by atoms with Crippen LogP contribution in [0.4, 0.5) is 0 Å². The number of ether oxygens (including phenoxy) is 1. The predicted molar refractivity (Wildman–Crippen MR) is 55.1 cm³/mol. The maximum Gasteiger partial charge on any atom is 0.0905 e. The molecule has 1 aliphatic heterocycles. The first kappa shape index (κ1) is 9.69. The van der Waals surface area contributed by atoms with Gasteiger partial charge in [0.05, 0.1) is 12.2 Å². The predicted octanol–water partition coefficient (Wildman–Crippen LogP) is 1.77. The van der Waals surface area contributed by atoms with Gasteiger partial charge in [0.25, 0.3) is 0 Å². The van der Waals surface area contributed by atoms with Gasteiger partial charge in [0.1, 0.15) is 0 Å². The summed E-state index contributed by atoms with van der Waals surface area (Å²) in [6.45, 7) is 1.20. The molecular weight excluding hydrogens is 176 g/mol. The molecule has 0 bridgehead atoms. The van der Waals surface area contributed by atoms with Crippen LogP contribution in [0.3, 0.4) is 0 Å². The van der Waals surface area contributed by atoms with Crippen LogP contribution in [-0.2, 0) is 11.2 Å². The van der Waals surface area contributed by atoms with Crippen LogP contribution >= 0.6 is 0 Å². The molecule has 1 N–H and O–H groups in total. The second-order valence-corrected chi connectivity index (χ2v) is 4.01. The van der Waals surface area contributed by atoms with Gasteiger partial charge in [-0.25, -0.2) is 0 Å². The van der Waals surface area contributed by atoms with Crippen molar-refractivity contribution in [2.75, 3.05) is 13.2 Å². The van der Waals surface area contributed by atoms with Crippen LogP contribution < -0.4 is 0 Å². The van der Waals surface area contributed by atoms with Crippen molar-refractivity contribution in [1.82, 2.24) is 0 Å². The van der Waals surface area contributed by atoms with E-state index in [-0.39, 0.29) is 0 Å². The summed E-state index contributed by atoms with van der Waals surface area (Å²) < 4.78 is 5.20. The number of aryl methyl sites for hydroxylation is 1. The second kappa shape index (κ2) is 4.11. The quantitative estimate of drug-likeness (QED) is 0.791.